The highest BCUT2D eigenvalue weighted by Gasteiger charge is 2.33. The number of benzene rings is 1. The molecule has 0 aliphatic heterocycles. The van der Waals surface area contributed by atoms with Crippen LogP contribution in [0.25, 0.3) is 0 Å². The van der Waals surface area contributed by atoms with Crippen LogP contribution in [0.15, 0.2) is 24.3 Å². The SMILES string of the molecule is CC1CC(NCc2ccccc2C(F)(F)F)C1. The fraction of sp³-hybridized carbons (Fsp3) is 0.538. The van der Waals surface area contributed by atoms with E-state index in [4.69, 9.17) is 0 Å². The van der Waals surface area contributed by atoms with Crippen molar-refractivity contribution in [3.8, 4) is 0 Å². The summed E-state index contributed by atoms with van der Waals surface area (Å²) in [5, 5.41) is 3.18. The van der Waals surface area contributed by atoms with Crippen LogP contribution in [0, 0.1) is 5.92 Å². The summed E-state index contributed by atoms with van der Waals surface area (Å²) in [7, 11) is 0. The Bertz CT molecular complexity index is 380. The highest BCUT2D eigenvalue weighted by Crippen LogP contribution is 2.32. The summed E-state index contributed by atoms with van der Waals surface area (Å²) in [5.41, 5.74) is -0.195. The van der Waals surface area contributed by atoms with Crippen molar-refractivity contribution in [2.45, 2.75) is 38.5 Å². The molecule has 0 unspecified atom stereocenters. The van der Waals surface area contributed by atoms with E-state index in [0.717, 1.165) is 18.9 Å². The number of halogens is 3. The van der Waals surface area contributed by atoms with Crippen molar-refractivity contribution in [2.24, 2.45) is 5.92 Å². The summed E-state index contributed by atoms with van der Waals surface area (Å²) in [4.78, 5) is 0. The first kappa shape index (κ1) is 12.4. The van der Waals surface area contributed by atoms with E-state index in [1.165, 1.54) is 12.1 Å². The van der Waals surface area contributed by atoms with E-state index in [9.17, 15) is 13.2 Å². The Balaban J connectivity index is 2.00. The van der Waals surface area contributed by atoms with Crippen molar-refractivity contribution >= 4 is 0 Å². The molecule has 0 amide bonds. The second kappa shape index (κ2) is 4.69. The molecule has 1 N–H and O–H groups in total. The lowest BCUT2D eigenvalue weighted by Crippen LogP contribution is -2.39. The van der Waals surface area contributed by atoms with Crippen molar-refractivity contribution in [3.63, 3.8) is 0 Å². The van der Waals surface area contributed by atoms with Gasteiger partial charge in [-0.15, -0.1) is 0 Å². The number of rotatable bonds is 3. The molecule has 0 radical (unpaired) electrons. The standard InChI is InChI=1S/C13H16F3N/c1-9-6-11(7-9)17-8-10-4-2-3-5-12(10)13(14,15)16/h2-5,9,11,17H,6-8H2,1H3. The zero-order valence-corrected chi connectivity index (χ0v) is 9.72. The summed E-state index contributed by atoms with van der Waals surface area (Å²) in [6, 6.07) is 6.14. The first-order chi connectivity index (χ1) is 7.97. The van der Waals surface area contributed by atoms with Crippen LogP contribution in [0.2, 0.25) is 0 Å². The van der Waals surface area contributed by atoms with Crippen molar-refractivity contribution in [1.29, 1.82) is 0 Å². The zero-order chi connectivity index (χ0) is 12.5. The first-order valence-electron chi connectivity index (χ1n) is 5.85. The highest BCUT2D eigenvalue weighted by molar-refractivity contribution is 5.29. The smallest absolute Gasteiger partial charge is 0.310 e. The monoisotopic (exact) mass is 243 g/mol. The predicted octanol–water partition coefficient (Wildman–Crippen LogP) is 3.59. The van der Waals surface area contributed by atoms with Gasteiger partial charge in [0.05, 0.1) is 5.56 Å². The van der Waals surface area contributed by atoms with E-state index < -0.39 is 11.7 Å². The van der Waals surface area contributed by atoms with Gasteiger partial charge in [0, 0.05) is 12.6 Å². The number of hydrogen-bond acceptors (Lipinski definition) is 1. The Morgan fingerprint density at radius 3 is 2.47 bits per heavy atom. The van der Waals surface area contributed by atoms with Gasteiger partial charge in [-0.1, -0.05) is 25.1 Å². The molecule has 0 heterocycles. The molecule has 1 aromatic carbocycles. The molecule has 0 spiro atoms. The average molecular weight is 243 g/mol. The fourth-order valence-corrected chi connectivity index (χ4v) is 2.27. The van der Waals surface area contributed by atoms with Crippen LogP contribution in [-0.2, 0) is 12.7 Å². The molecule has 1 aliphatic carbocycles. The third-order valence-electron chi connectivity index (χ3n) is 3.28. The molecule has 0 atom stereocenters. The summed E-state index contributed by atoms with van der Waals surface area (Å²) >= 11 is 0. The van der Waals surface area contributed by atoms with Crippen molar-refractivity contribution in [1.82, 2.24) is 5.32 Å². The second-order valence-electron chi connectivity index (χ2n) is 4.81. The first-order valence-corrected chi connectivity index (χ1v) is 5.85. The van der Waals surface area contributed by atoms with Gasteiger partial charge in [0.2, 0.25) is 0 Å². The summed E-state index contributed by atoms with van der Waals surface area (Å²) in [5.74, 6) is 0.699. The van der Waals surface area contributed by atoms with Gasteiger partial charge in [-0.25, -0.2) is 0 Å². The number of hydrogen-bond donors (Lipinski definition) is 1. The van der Waals surface area contributed by atoms with E-state index in [-0.39, 0.29) is 0 Å². The molecule has 4 heteroatoms. The Kier molecular flexibility index (Phi) is 3.43. The summed E-state index contributed by atoms with van der Waals surface area (Å²) in [6.07, 6.45) is -2.13. The van der Waals surface area contributed by atoms with Crippen LogP contribution < -0.4 is 5.32 Å². The molecule has 0 saturated heterocycles. The molecule has 1 aliphatic rings. The quantitative estimate of drug-likeness (QED) is 0.855. The molecular formula is C13H16F3N. The number of nitrogens with one attached hydrogen (secondary N) is 1. The maximum atomic E-state index is 12.7. The lowest BCUT2D eigenvalue weighted by atomic mass is 9.82. The Hall–Kier alpha value is -1.03. The maximum absolute atomic E-state index is 12.7. The zero-order valence-electron chi connectivity index (χ0n) is 9.72. The Morgan fingerprint density at radius 1 is 1.24 bits per heavy atom. The minimum atomic E-state index is -4.26. The Labute approximate surface area is 99.0 Å². The normalized spacial score (nSPS) is 24.5. The van der Waals surface area contributed by atoms with E-state index in [0.29, 0.717) is 24.1 Å². The van der Waals surface area contributed by atoms with Crippen LogP contribution in [0.4, 0.5) is 13.2 Å². The van der Waals surface area contributed by atoms with Gasteiger partial charge in [-0.2, -0.15) is 13.2 Å². The van der Waals surface area contributed by atoms with Gasteiger partial charge in [-0.3, -0.25) is 0 Å². The van der Waals surface area contributed by atoms with E-state index >= 15 is 0 Å². The molecular weight excluding hydrogens is 227 g/mol. The lowest BCUT2D eigenvalue weighted by Gasteiger charge is -2.33. The van der Waals surface area contributed by atoms with Crippen molar-refractivity contribution < 1.29 is 13.2 Å². The van der Waals surface area contributed by atoms with Gasteiger partial charge >= 0.3 is 6.18 Å². The van der Waals surface area contributed by atoms with Crippen molar-refractivity contribution in [2.75, 3.05) is 0 Å². The lowest BCUT2D eigenvalue weighted by molar-refractivity contribution is -0.138. The van der Waals surface area contributed by atoms with Gasteiger partial charge in [0.15, 0.2) is 0 Å². The van der Waals surface area contributed by atoms with Crippen LogP contribution in [-0.4, -0.2) is 6.04 Å². The predicted molar refractivity (Wildman–Crippen MR) is 60.5 cm³/mol. The fourth-order valence-electron chi connectivity index (χ4n) is 2.27. The van der Waals surface area contributed by atoms with Crippen LogP contribution >= 0.6 is 0 Å². The third kappa shape index (κ3) is 3.00. The molecule has 1 fully saturated rings. The van der Waals surface area contributed by atoms with Crippen molar-refractivity contribution in [3.05, 3.63) is 35.4 Å². The molecule has 2 rings (SSSR count). The van der Waals surface area contributed by atoms with E-state index in [1.54, 1.807) is 6.07 Å². The molecule has 0 bridgehead atoms. The second-order valence-corrected chi connectivity index (χ2v) is 4.81. The minimum Gasteiger partial charge on any atom is -0.310 e. The maximum Gasteiger partial charge on any atom is 0.416 e. The molecule has 1 nitrogen and oxygen atoms in total. The highest BCUT2D eigenvalue weighted by atomic mass is 19.4. The van der Waals surface area contributed by atoms with Gasteiger partial charge < -0.3 is 5.32 Å². The van der Waals surface area contributed by atoms with Crippen LogP contribution in [0.3, 0.4) is 0 Å². The number of alkyl halides is 3. The van der Waals surface area contributed by atoms with Gasteiger partial charge in [-0.05, 0) is 30.4 Å². The van der Waals surface area contributed by atoms with Crippen LogP contribution in [0.1, 0.15) is 30.9 Å². The van der Waals surface area contributed by atoms with Gasteiger partial charge in [0.1, 0.15) is 0 Å². The average Bonchev–Trinajstić information content (AvgIpc) is 2.22. The molecule has 1 saturated carbocycles. The molecule has 1 aromatic rings. The van der Waals surface area contributed by atoms with E-state index in [2.05, 4.69) is 12.2 Å². The van der Waals surface area contributed by atoms with Gasteiger partial charge in [0.25, 0.3) is 0 Å². The molecule has 17 heavy (non-hydrogen) atoms. The minimum absolute atomic E-state index is 0.299. The molecule has 0 aromatic heterocycles. The topological polar surface area (TPSA) is 12.0 Å². The molecule has 94 valence electrons. The van der Waals surface area contributed by atoms with E-state index in [1.807, 2.05) is 0 Å². The largest absolute Gasteiger partial charge is 0.416 e. The summed E-state index contributed by atoms with van der Waals surface area (Å²) in [6.45, 7) is 2.45. The third-order valence-corrected chi connectivity index (χ3v) is 3.28. The van der Waals surface area contributed by atoms with Crippen LogP contribution in [0.5, 0.6) is 0 Å². The summed E-state index contributed by atoms with van der Waals surface area (Å²) < 4.78 is 38.1. The Morgan fingerprint density at radius 2 is 1.88 bits per heavy atom.